The molecule has 0 radical (unpaired) electrons. The molecule has 1 aliphatic carbocycles. The molecule has 2 heterocycles. The molecule has 2 aromatic rings. The molecule has 1 aromatic heterocycles. The van der Waals surface area contributed by atoms with Gasteiger partial charge in [-0.15, -0.1) is 0 Å². The van der Waals surface area contributed by atoms with E-state index >= 15 is 0 Å². The van der Waals surface area contributed by atoms with Crippen molar-refractivity contribution in [2.75, 3.05) is 24.6 Å². The van der Waals surface area contributed by atoms with Gasteiger partial charge in [-0.1, -0.05) is 27.7 Å². The normalized spacial score (nSPS) is 22.3. The lowest BCUT2D eigenvalue weighted by Crippen LogP contribution is -2.74. The SMILES string of the molecule is CC1(C)[C@H](NC(=O)c2cnc(N3CCC(CCO)CC3)nc2)C(C)(C)[C@H]1Oc1ccc(C#N)c(C#N)c1. The minimum absolute atomic E-state index is 0.170. The Hall–Kier alpha value is -3.69. The molecule has 0 atom stereocenters. The molecule has 0 bridgehead atoms. The van der Waals surface area contributed by atoms with Crippen LogP contribution in [0, 0.1) is 39.4 Å². The molecular weight excluding hydrogens is 468 g/mol. The number of nitrogens with zero attached hydrogens (tertiary/aromatic N) is 5. The lowest BCUT2D eigenvalue weighted by Gasteiger charge is -2.63. The molecule has 9 heteroatoms. The molecule has 0 spiro atoms. The average molecular weight is 503 g/mol. The molecule has 1 saturated heterocycles. The first-order chi connectivity index (χ1) is 17.6. The lowest BCUT2D eigenvalue weighted by atomic mass is 9.49. The Balaban J connectivity index is 1.40. The number of carbonyl (C=O) groups is 1. The summed E-state index contributed by atoms with van der Waals surface area (Å²) in [6, 6.07) is 8.76. The maximum Gasteiger partial charge on any atom is 0.254 e. The van der Waals surface area contributed by atoms with Crippen molar-refractivity contribution >= 4 is 11.9 Å². The van der Waals surface area contributed by atoms with Crippen molar-refractivity contribution in [1.29, 1.82) is 10.5 Å². The van der Waals surface area contributed by atoms with Crippen LogP contribution in [0.4, 0.5) is 5.95 Å². The fourth-order valence-corrected chi connectivity index (χ4v) is 6.14. The number of rotatable bonds is 7. The van der Waals surface area contributed by atoms with Gasteiger partial charge in [-0.3, -0.25) is 4.79 Å². The highest BCUT2D eigenvalue weighted by Crippen LogP contribution is 2.55. The zero-order valence-electron chi connectivity index (χ0n) is 21.9. The minimum atomic E-state index is -0.389. The minimum Gasteiger partial charge on any atom is -0.489 e. The van der Waals surface area contributed by atoms with E-state index in [4.69, 9.17) is 15.1 Å². The van der Waals surface area contributed by atoms with Crippen molar-refractivity contribution in [3.05, 3.63) is 47.3 Å². The van der Waals surface area contributed by atoms with Crippen LogP contribution in [0.5, 0.6) is 5.75 Å². The Kier molecular flexibility index (Phi) is 7.38. The number of ether oxygens (including phenoxy) is 1. The monoisotopic (exact) mass is 502 g/mol. The number of piperidine rings is 1. The van der Waals surface area contributed by atoms with E-state index in [1.807, 2.05) is 39.8 Å². The van der Waals surface area contributed by atoms with Crippen molar-refractivity contribution < 1.29 is 14.6 Å². The summed E-state index contributed by atoms with van der Waals surface area (Å²) in [4.78, 5) is 24.1. The predicted molar refractivity (Wildman–Crippen MR) is 138 cm³/mol. The van der Waals surface area contributed by atoms with E-state index < -0.39 is 0 Å². The number of anilines is 1. The van der Waals surface area contributed by atoms with Gasteiger partial charge in [0.25, 0.3) is 5.91 Å². The van der Waals surface area contributed by atoms with Gasteiger partial charge in [0.05, 0.1) is 16.7 Å². The van der Waals surface area contributed by atoms with E-state index in [-0.39, 0.29) is 41.1 Å². The average Bonchev–Trinajstić information content (AvgIpc) is 2.90. The molecule has 194 valence electrons. The summed E-state index contributed by atoms with van der Waals surface area (Å²) in [5, 5.41) is 30.8. The fraction of sp³-hybridized carbons (Fsp3) is 0.536. The Morgan fingerprint density at radius 3 is 2.30 bits per heavy atom. The molecule has 2 N–H and O–H groups in total. The van der Waals surface area contributed by atoms with Gasteiger partial charge in [-0.05, 0) is 43.4 Å². The third-order valence-electron chi connectivity index (χ3n) is 7.94. The molecule has 1 saturated carbocycles. The summed E-state index contributed by atoms with van der Waals surface area (Å²) < 4.78 is 6.29. The van der Waals surface area contributed by atoms with Crippen LogP contribution in [0.25, 0.3) is 0 Å². The summed E-state index contributed by atoms with van der Waals surface area (Å²) in [7, 11) is 0. The standard InChI is InChI=1S/C28H34N6O3/c1-27(2)24(28(3,4)25(27)37-22-6-5-19(14-29)20(13-22)15-30)33-23(36)21-16-31-26(32-17-21)34-10-7-18(8-11-34)9-12-35/h5-6,13,16-18,24-25,35H,7-12H2,1-4H3,(H,33,36)/t24-,25-. The molecule has 2 aliphatic rings. The van der Waals surface area contributed by atoms with E-state index in [1.165, 1.54) is 0 Å². The first-order valence-corrected chi connectivity index (χ1v) is 12.7. The zero-order valence-corrected chi connectivity index (χ0v) is 21.9. The van der Waals surface area contributed by atoms with Crippen LogP contribution in [0.3, 0.4) is 0 Å². The number of amides is 1. The molecule has 37 heavy (non-hydrogen) atoms. The first-order valence-electron chi connectivity index (χ1n) is 12.7. The van der Waals surface area contributed by atoms with Crippen LogP contribution in [0.15, 0.2) is 30.6 Å². The van der Waals surface area contributed by atoms with Gasteiger partial charge in [0.15, 0.2) is 0 Å². The molecule has 0 unspecified atom stereocenters. The summed E-state index contributed by atoms with van der Waals surface area (Å²) in [5.41, 5.74) is 0.212. The molecule has 1 aliphatic heterocycles. The number of nitrogens with one attached hydrogen (secondary N) is 1. The molecule has 9 nitrogen and oxygen atoms in total. The second kappa shape index (κ2) is 10.4. The zero-order chi connectivity index (χ0) is 26.8. The van der Waals surface area contributed by atoms with Crippen LogP contribution in [-0.2, 0) is 0 Å². The van der Waals surface area contributed by atoms with Gasteiger partial charge in [-0.2, -0.15) is 10.5 Å². The summed E-state index contributed by atoms with van der Waals surface area (Å²) in [5.74, 6) is 1.45. The fourth-order valence-electron chi connectivity index (χ4n) is 6.14. The largest absolute Gasteiger partial charge is 0.489 e. The highest BCUT2D eigenvalue weighted by atomic mass is 16.5. The van der Waals surface area contributed by atoms with Gasteiger partial charge in [-0.25, -0.2) is 9.97 Å². The molecular formula is C28H34N6O3. The van der Waals surface area contributed by atoms with E-state index in [0.717, 1.165) is 32.4 Å². The van der Waals surface area contributed by atoms with Gasteiger partial charge >= 0.3 is 0 Å². The van der Waals surface area contributed by atoms with Crippen LogP contribution in [0.1, 0.15) is 68.4 Å². The third-order valence-corrected chi connectivity index (χ3v) is 7.94. The van der Waals surface area contributed by atoms with Crippen LogP contribution in [-0.4, -0.2) is 52.8 Å². The summed E-state index contributed by atoms with van der Waals surface area (Å²) in [6.07, 6.45) is 5.76. The van der Waals surface area contributed by atoms with Gasteiger partial charge in [0.1, 0.15) is 24.0 Å². The molecule has 2 fully saturated rings. The highest BCUT2D eigenvalue weighted by molar-refractivity contribution is 5.94. The molecule has 1 aromatic carbocycles. The number of hydrogen-bond acceptors (Lipinski definition) is 8. The summed E-state index contributed by atoms with van der Waals surface area (Å²) >= 11 is 0. The van der Waals surface area contributed by atoms with Gasteiger partial charge < -0.3 is 20.1 Å². The van der Waals surface area contributed by atoms with Crippen molar-refractivity contribution in [3.63, 3.8) is 0 Å². The van der Waals surface area contributed by atoms with Gasteiger partial charge in [0.2, 0.25) is 5.95 Å². The maximum absolute atomic E-state index is 13.1. The molecule has 1 amide bonds. The van der Waals surface area contributed by atoms with E-state index in [2.05, 4.69) is 20.2 Å². The van der Waals surface area contributed by atoms with E-state index in [9.17, 15) is 10.1 Å². The van der Waals surface area contributed by atoms with Crippen molar-refractivity contribution in [1.82, 2.24) is 15.3 Å². The Labute approximate surface area is 218 Å². The van der Waals surface area contributed by atoms with Crippen molar-refractivity contribution in [3.8, 4) is 17.9 Å². The van der Waals surface area contributed by atoms with Crippen LogP contribution in [0.2, 0.25) is 0 Å². The maximum atomic E-state index is 13.1. The lowest BCUT2D eigenvalue weighted by molar-refractivity contribution is -0.164. The number of hydrogen-bond donors (Lipinski definition) is 2. The quantitative estimate of drug-likeness (QED) is 0.588. The highest BCUT2D eigenvalue weighted by Gasteiger charge is 2.64. The number of nitriles is 2. The number of aliphatic hydroxyl groups excluding tert-OH is 1. The second-order valence-electron chi connectivity index (χ2n) is 11.2. The molecule has 4 rings (SSSR count). The van der Waals surface area contributed by atoms with Crippen molar-refractivity contribution in [2.45, 2.75) is 59.1 Å². The third kappa shape index (κ3) is 5.10. The second-order valence-corrected chi connectivity index (χ2v) is 11.2. The Morgan fingerprint density at radius 1 is 1.11 bits per heavy atom. The number of aromatic nitrogens is 2. The van der Waals surface area contributed by atoms with Crippen LogP contribution >= 0.6 is 0 Å². The Morgan fingerprint density at radius 2 is 1.73 bits per heavy atom. The van der Waals surface area contributed by atoms with Gasteiger partial charge in [0, 0.05) is 49.0 Å². The summed E-state index contributed by atoms with van der Waals surface area (Å²) in [6.45, 7) is 10.1. The van der Waals surface area contributed by atoms with E-state index in [1.54, 1.807) is 30.6 Å². The number of benzene rings is 1. The number of aliphatic hydroxyl groups is 1. The van der Waals surface area contributed by atoms with Crippen molar-refractivity contribution in [2.24, 2.45) is 16.7 Å². The first kappa shape index (κ1) is 26.4. The van der Waals surface area contributed by atoms with Crippen LogP contribution < -0.4 is 15.0 Å². The smallest absolute Gasteiger partial charge is 0.254 e. The predicted octanol–water partition coefficient (Wildman–Crippen LogP) is 3.43. The Bertz CT molecular complexity index is 1200. The topological polar surface area (TPSA) is 135 Å². The number of carbonyl (C=O) groups excluding carboxylic acids is 1. The van der Waals surface area contributed by atoms with E-state index in [0.29, 0.717) is 28.7 Å².